The Balaban J connectivity index is 1.95. The van der Waals surface area contributed by atoms with Gasteiger partial charge in [0, 0.05) is 22.8 Å². The van der Waals surface area contributed by atoms with E-state index in [1.54, 1.807) is 14.2 Å². The highest BCUT2D eigenvalue weighted by atomic mass is 32.1. The zero-order valence-electron chi connectivity index (χ0n) is 12.4. The van der Waals surface area contributed by atoms with Gasteiger partial charge in [-0.2, -0.15) is 0 Å². The van der Waals surface area contributed by atoms with Crippen LogP contribution in [0.4, 0.5) is 0 Å². The quantitative estimate of drug-likeness (QED) is 0.881. The first-order valence-corrected chi connectivity index (χ1v) is 7.43. The summed E-state index contributed by atoms with van der Waals surface area (Å²) in [5.41, 5.74) is 2.57. The van der Waals surface area contributed by atoms with E-state index in [-0.39, 0.29) is 0 Å². The van der Waals surface area contributed by atoms with Gasteiger partial charge in [-0.1, -0.05) is 6.07 Å². The monoisotopic (exact) mass is 291 g/mol. The fourth-order valence-electron chi connectivity index (χ4n) is 2.19. The molecule has 0 radical (unpaired) electrons. The number of aryl methyl sites for hydroxylation is 2. The SMILES string of the molecule is COc1ccc(CNCc2cc(C)sc2C)cc1OC. The molecule has 1 heterocycles. The van der Waals surface area contributed by atoms with Gasteiger partial charge < -0.3 is 14.8 Å². The van der Waals surface area contributed by atoms with Crippen LogP contribution < -0.4 is 14.8 Å². The summed E-state index contributed by atoms with van der Waals surface area (Å²) in [4.78, 5) is 2.76. The van der Waals surface area contributed by atoms with E-state index in [9.17, 15) is 0 Å². The van der Waals surface area contributed by atoms with Crippen LogP contribution in [0.2, 0.25) is 0 Å². The van der Waals surface area contributed by atoms with Crippen molar-refractivity contribution < 1.29 is 9.47 Å². The topological polar surface area (TPSA) is 30.5 Å². The van der Waals surface area contributed by atoms with Gasteiger partial charge in [-0.25, -0.2) is 0 Å². The van der Waals surface area contributed by atoms with Gasteiger partial charge in [0.1, 0.15) is 0 Å². The summed E-state index contributed by atoms with van der Waals surface area (Å²) < 4.78 is 10.6. The van der Waals surface area contributed by atoms with Gasteiger partial charge >= 0.3 is 0 Å². The Hall–Kier alpha value is -1.52. The Morgan fingerprint density at radius 1 is 1.00 bits per heavy atom. The minimum Gasteiger partial charge on any atom is -0.493 e. The van der Waals surface area contributed by atoms with E-state index in [0.717, 1.165) is 24.6 Å². The van der Waals surface area contributed by atoms with Gasteiger partial charge in [0.15, 0.2) is 11.5 Å². The molecular weight excluding hydrogens is 270 g/mol. The molecule has 1 aromatic heterocycles. The van der Waals surface area contributed by atoms with Crippen LogP contribution in [0, 0.1) is 13.8 Å². The predicted molar refractivity (Wildman–Crippen MR) is 83.9 cm³/mol. The average molecular weight is 291 g/mol. The molecule has 1 N–H and O–H groups in total. The predicted octanol–water partition coefficient (Wildman–Crippen LogP) is 3.67. The standard InChI is InChI=1S/C16H21NO2S/c1-11-7-14(12(2)20-11)10-17-9-13-5-6-15(18-3)16(8-13)19-4/h5-8,17H,9-10H2,1-4H3. The number of ether oxygens (including phenoxy) is 2. The molecule has 2 rings (SSSR count). The fourth-order valence-corrected chi connectivity index (χ4v) is 3.14. The minimum absolute atomic E-state index is 0.764. The van der Waals surface area contributed by atoms with E-state index < -0.39 is 0 Å². The third-order valence-electron chi connectivity index (χ3n) is 3.24. The van der Waals surface area contributed by atoms with Crippen molar-refractivity contribution >= 4 is 11.3 Å². The maximum absolute atomic E-state index is 5.31. The van der Waals surface area contributed by atoms with Crippen molar-refractivity contribution in [1.82, 2.24) is 5.32 Å². The van der Waals surface area contributed by atoms with Crippen molar-refractivity contribution in [2.45, 2.75) is 26.9 Å². The molecule has 0 spiro atoms. The molecule has 0 aliphatic heterocycles. The molecule has 108 valence electrons. The van der Waals surface area contributed by atoms with Crippen molar-refractivity contribution in [2.24, 2.45) is 0 Å². The average Bonchev–Trinajstić information content (AvgIpc) is 2.77. The number of hydrogen-bond donors (Lipinski definition) is 1. The summed E-state index contributed by atoms with van der Waals surface area (Å²) in [6.07, 6.45) is 0. The van der Waals surface area contributed by atoms with Crippen molar-refractivity contribution in [3.8, 4) is 11.5 Å². The van der Waals surface area contributed by atoms with Gasteiger partial charge in [-0.05, 0) is 43.2 Å². The van der Waals surface area contributed by atoms with E-state index in [1.165, 1.54) is 20.9 Å². The number of methoxy groups -OCH3 is 2. The van der Waals surface area contributed by atoms with Gasteiger partial charge in [-0.15, -0.1) is 11.3 Å². The lowest BCUT2D eigenvalue weighted by atomic mass is 10.2. The van der Waals surface area contributed by atoms with Crippen LogP contribution in [-0.4, -0.2) is 14.2 Å². The van der Waals surface area contributed by atoms with E-state index in [2.05, 4.69) is 31.3 Å². The maximum atomic E-state index is 5.31. The molecule has 0 fully saturated rings. The second kappa shape index (κ2) is 6.77. The van der Waals surface area contributed by atoms with Crippen LogP contribution in [0.5, 0.6) is 11.5 Å². The highest BCUT2D eigenvalue weighted by Gasteiger charge is 2.05. The Labute approximate surface area is 124 Å². The normalized spacial score (nSPS) is 10.6. The first-order valence-electron chi connectivity index (χ1n) is 6.61. The van der Waals surface area contributed by atoms with Gasteiger partial charge in [0.25, 0.3) is 0 Å². The summed E-state index contributed by atoms with van der Waals surface area (Å²) >= 11 is 1.85. The Morgan fingerprint density at radius 3 is 2.35 bits per heavy atom. The van der Waals surface area contributed by atoms with Crippen molar-refractivity contribution in [3.05, 3.63) is 45.1 Å². The minimum atomic E-state index is 0.764. The first-order chi connectivity index (χ1) is 9.63. The summed E-state index contributed by atoms with van der Waals surface area (Å²) in [5.74, 6) is 1.54. The number of thiophene rings is 1. The zero-order chi connectivity index (χ0) is 14.5. The Kier molecular flexibility index (Phi) is 5.04. The summed E-state index contributed by atoms with van der Waals surface area (Å²) in [6.45, 7) is 6.03. The molecule has 4 heteroatoms. The van der Waals surface area contributed by atoms with Crippen LogP contribution in [-0.2, 0) is 13.1 Å². The third-order valence-corrected chi connectivity index (χ3v) is 4.24. The lowest BCUT2D eigenvalue weighted by molar-refractivity contribution is 0.354. The van der Waals surface area contributed by atoms with E-state index in [0.29, 0.717) is 0 Å². The summed E-state index contributed by atoms with van der Waals surface area (Å²) in [6, 6.07) is 8.26. The Bertz CT molecular complexity index is 578. The smallest absolute Gasteiger partial charge is 0.161 e. The molecule has 0 saturated carbocycles. The molecule has 2 aromatic rings. The van der Waals surface area contributed by atoms with Gasteiger partial charge in [-0.3, -0.25) is 0 Å². The van der Waals surface area contributed by atoms with Crippen molar-refractivity contribution in [3.63, 3.8) is 0 Å². The molecule has 0 amide bonds. The largest absolute Gasteiger partial charge is 0.493 e. The fraction of sp³-hybridized carbons (Fsp3) is 0.375. The van der Waals surface area contributed by atoms with Gasteiger partial charge in [0.05, 0.1) is 14.2 Å². The lowest BCUT2D eigenvalue weighted by Crippen LogP contribution is -2.12. The highest BCUT2D eigenvalue weighted by Crippen LogP contribution is 2.27. The van der Waals surface area contributed by atoms with E-state index >= 15 is 0 Å². The number of hydrogen-bond acceptors (Lipinski definition) is 4. The van der Waals surface area contributed by atoms with Crippen LogP contribution in [0.15, 0.2) is 24.3 Å². The molecule has 0 atom stereocenters. The molecule has 0 aliphatic rings. The molecule has 0 bridgehead atoms. The second-order valence-corrected chi connectivity index (χ2v) is 6.19. The maximum Gasteiger partial charge on any atom is 0.161 e. The molecular formula is C16H21NO2S. The molecule has 1 aromatic carbocycles. The van der Waals surface area contributed by atoms with Crippen LogP contribution in [0.3, 0.4) is 0 Å². The Morgan fingerprint density at radius 2 is 1.75 bits per heavy atom. The first kappa shape index (κ1) is 14.9. The molecule has 3 nitrogen and oxygen atoms in total. The highest BCUT2D eigenvalue weighted by molar-refractivity contribution is 7.12. The molecule has 0 unspecified atom stereocenters. The molecule has 20 heavy (non-hydrogen) atoms. The number of benzene rings is 1. The van der Waals surface area contributed by atoms with E-state index in [1.807, 2.05) is 23.5 Å². The number of rotatable bonds is 6. The van der Waals surface area contributed by atoms with Crippen LogP contribution in [0.25, 0.3) is 0 Å². The summed E-state index contributed by atoms with van der Waals surface area (Å²) in [7, 11) is 3.31. The lowest BCUT2D eigenvalue weighted by Gasteiger charge is -2.10. The van der Waals surface area contributed by atoms with E-state index in [4.69, 9.17) is 9.47 Å². The van der Waals surface area contributed by atoms with Crippen LogP contribution in [0.1, 0.15) is 20.9 Å². The second-order valence-electron chi connectivity index (χ2n) is 4.73. The van der Waals surface area contributed by atoms with Crippen molar-refractivity contribution in [1.29, 1.82) is 0 Å². The van der Waals surface area contributed by atoms with Gasteiger partial charge in [0.2, 0.25) is 0 Å². The zero-order valence-corrected chi connectivity index (χ0v) is 13.3. The molecule has 0 saturated heterocycles. The number of nitrogens with one attached hydrogen (secondary N) is 1. The third kappa shape index (κ3) is 3.52. The van der Waals surface area contributed by atoms with Crippen LogP contribution >= 0.6 is 11.3 Å². The van der Waals surface area contributed by atoms with Crippen molar-refractivity contribution in [2.75, 3.05) is 14.2 Å². The summed E-state index contributed by atoms with van der Waals surface area (Å²) in [5, 5.41) is 3.47. The molecule has 0 aliphatic carbocycles.